The minimum absolute atomic E-state index is 0.302. The summed E-state index contributed by atoms with van der Waals surface area (Å²) in [6, 6.07) is 13.2. The monoisotopic (exact) mass is 270 g/mol. The first kappa shape index (κ1) is 12.3. The van der Waals surface area contributed by atoms with E-state index < -0.39 is 0 Å². The number of benzene rings is 2. The van der Waals surface area contributed by atoms with Gasteiger partial charge < -0.3 is 9.26 Å². The second-order valence-electron chi connectivity index (χ2n) is 4.16. The van der Waals surface area contributed by atoms with Crippen LogP contribution in [-0.4, -0.2) is 17.3 Å². The number of nitrogens with zero attached hydrogens (tertiary/aromatic N) is 2. The number of halogens is 1. The fraction of sp³-hybridized carbons (Fsp3) is 0.0667. The zero-order valence-electron chi connectivity index (χ0n) is 10.7. The number of hydrogen-bond donors (Lipinski definition) is 0. The number of methoxy groups -OCH3 is 1. The van der Waals surface area contributed by atoms with Crippen molar-refractivity contribution in [3.05, 3.63) is 54.3 Å². The highest BCUT2D eigenvalue weighted by molar-refractivity contribution is 5.60. The van der Waals surface area contributed by atoms with Gasteiger partial charge in [0.2, 0.25) is 5.82 Å². The zero-order chi connectivity index (χ0) is 13.9. The number of rotatable bonds is 3. The fourth-order valence-corrected chi connectivity index (χ4v) is 1.79. The molecule has 0 unspecified atom stereocenters. The van der Waals surface area contributed by atoms with Crippen LogP contribution in [0.5, 0.6) is 5.75 Å². The molecule has 1 aromatic heterocycles. The molecule has 0 N–H and O–H groups in total. The lowest BCUT2D eigenvalue weighted by molar-refractivity contribution is 0.415. The molecule has 0 spiro atoms. The highest BCUT2D eigenvalue weighted by Gasteiger charge is 2.10. The number of aromatic nitrogens is 2. The molecule has 0 atom stereocenters. The summed E-state index contributed by atoms with van der Waals surface area (Å²) in [5, 5.41) is 3.92. The van der Waals surface area contributed by atoms with Crippen molar-refractivity contribution < 1.29 is 13.7 Å². The van der Waals surface area contributed by atoms with E-state index in [-0.39, 0.29) is 5.82 Å². The molecule has 1 heterocycles. The van der Waals surface area contributed by atoms with E-state index in [1.54, 1.807) is 19.2 Å². The van der Waals surface area contributed by atoms with E-state index >= 15 is 0 Å². The molecule has 0 aliphatic rings. The van der Waals surface area contributed by atoms with Crippen LogP contribution >= 0.6 is 0 Å². The third kappa shape index (κ3) is 2.38. The van der Waals surface area contributed by atoms with Crippen LogP contribution in [0.3, 0.4) is 0 Å². The molecule has 3 rings (SSSR count). The van der Waals surface area contributed by atoms with E-state index in [9.17, 15) is 4.39 Å². The van der Waals surface area contributed by atoms with Crippen molar-refractivity contribution in [1.82, 2.24) is 10.1 Å². The molecule has 0 bridgehead atoms. The maximum absolute atomic E-state index is 12.9. The molecule has 100 valence electrons. The van der Waals surface area contributed by atoms with Gasteiger partial charge in [0.15, 0.2) is 0 Å². The Labute approximate surface area is 114 Å². The number of ether oxygens (including phenoxy) is 1. The fourth-order valence-electron chi connectivity index (χ4n) is 1.79. The van der Waals surface area contributed by atoms with Gasteiger partial charge in [-0.25, -0.2) is 4.39 Å². The summed E-state index contributed by atoms with van der Waals surface area (Å²) in [4.78, 5) is 4.29. The topological polar surface area (TPSA) is 48.2 Å². The molecule has 3 aromatic rings. The van der Waals surface area contributed by atoms with Gasteiger partial charge in [-0.15, -0.1) is 0 Å². The van der Waals surface area contributed by atoms with Gasteiger partial charge in [0.1, 0.15) is 11.6 Å². The lowest BCUT2D eigenvalue weighted by Gasteiger charge is -1.98. The smallest absolute Gasteiger partial charge is 0.258 e. The molecule has 0 saturated carbocycles. The molecule has 0 fully saturated rings. The van der Waals surface area contributed by atoms with Crippen molar-refractivity contribution in [1.29, 1.82) is 0 Å². The zero-order valence-corrected chi connectivity index (χ0v) is 10.7. The lowest BCUT2D eigenvalue weighted by atomic mass is 10.2. The van der Waals surface area contributed by atoms with Crippen molar-refractivity contribution in [2.75, 3.05) is 7.11 Å². The van der Waals surface area contributed by atoms with E-state index in [1.807, 2.05) is 24.3 Å². The molecule has 0 aliphatic carbocycles. The summed E-state index contributed by atoms with van der Waals surface area (Å²) in [6.45, 7) is 0. The Morgan fingerprint density at radius 3 is 2.25 bits per heavy atom. The molecule has 0 amide bonds. The Morgan fingerprint density at radius 1 is 0.950 bits per heavy atom. The standard InChI is InChI=1S/C15H11FN2O2/c1-19-13-8-4-10(5-9-13)14-17-15(20-18-14)11-2-6-12(16)7-3-11/h2-9H,1H3. The van der Waals surface area contributed by atoms with Gasteiger partial charge in [-0.3, -0.25) is 0 Å². The van der Waals surface area contributed by atoms with E-state index in [4.69, 9.17) is 9.26 Å². The highest BCUT2D eigenvalue weighted by atomic mass is 19.1. The van der Waals surface area contributed by atoms with Crippen molar-refractivity contribution in [3.8, 4) is 28.6 Å². The van der Waals surface area contributed by atoms with Crippen molar-refractivity contribution in [2.24, 2.45) is 0 Å². The summed E-state index contributed by atoms with van der Waals surface area (Å²) >= 11 is 0. The van der Waals surface area contributed by atoms with Gasteiger partial charge in [0.05, 0.1) is 7.11 Å². The van der Waals surface area contributed by atoms with Gasteiger partial charge in [0.25, 0.3) is 5.89 Å². The van der Waals surface area contributed by atoms with Crippen LogP contribution in [0.1, 0.15) is 0 Å². The normalized spacial score (nSPS) is 10.5. The maximum atomic E-state index is 12.9. The summed E-state index contributed by atoms with van der Waals surface area (Å²) in [5.74, 6) is 1.29. The minimum Gasteiger partial charge on any atom is -0.497 e. The third-order valence-corrected chi connectivity index (χ3v) is 2.87. The number of hydrogen-bond acceptors (Lipinski definition) is 4. The van der Waals surface area contributed by atoms with Crippen LogP contribution in [0.4, 0.5) is 4.39 Å². The summed E-state index contributed by atoms with van der Waals surface area (Å²) < 4.78 is 23.1. The van der Waals surface area contributed by atoms with Gasteiger partial charge in [-0.1, -0.05) is 5.16 Å². The van der Waals surface area contributed by atoms with Crippen LogP contribution in [-0.2, 0) is 0 Å². The van der Waals surface area contributed by atoms with Gasteiger partial charge >= 0.3 is 0 Å². The molecule has 0 aliphatic heterocycles. The van der Waals surface area contributed by atoms with E-state index in [0.29, 0.717) is 17.3 Å². The van der Waals surface area contributed by atoms with E-state index in [2.05, 4.69) is 10.1 Å². The maximum Gasteiger partial charge on any atom is 0.258 e. The first-order valence-electron chi connectivity index (χ1n) is 6.00. The largest absolute Gasteiger partial charge is 0.497 e. The van der Waals surface area contributed by atoms with Gasteiger partial charge in [-0.05, 0) is 48.5 Å². The van der Waals surface area contributed by atoms with Crippen molar-refractivity contribution >= 4 is 0 Å². The molecule has 0 radical (unpaired) electrons. The van der Waals surface area contributed by atoms with Gasteiger partial charge in [0, 0.05) is 11.1 Å². The summed E-state index contributed by atoms with van der Waals surface area (Å²) in [7, 11) is 1.61. The lowest BCUT2D eigenvalue weighted by Crippen LogP contribution is -1.84. The Bertz CT molecular complexity index is 705. The van der Waals surface area contributed by atoms with Crippen LogP contribution < -0.4 is 4.74 Å². The van der Waals surface area contributed by atoms with E-state index in [0.717, 1.165) is 11.3 Å². The third-order valence-electron chi connectivity index (χ3n) is 2.87. The average molecular weight is 270 g/mol. The quantitative estimate of drug-likeness (QED) is 0.730. The Hall–Kier alpha value is -2.69. The Kier molecular flexibility index (Phi) is 3.16. The minimum atomic E-state index is -0.302. The van der Waals surface area contributed by atoms with Crippen molar-refractivity contribution in [2.45, 2.75) is 0 Å². The molecule has 20 heavy (non-hydrogen) atoms. The summed E-state index contributed by atoms with van der Waals surface area (Å²) in [5.41, 5.74) is 1.50. The molecule has 5 heteroatoms. The summed E-state index contributed by atoms with van der Waals surface area (Å²) in [6.07, 6.45) is 0. The second kappa shape index (κ2) is 5.13. The first-order valence-corrected chi connectivity index (χ1v) is 6.00. The SMILES string of the molecule is COc1ccc(-c2noc(-c3ccc(F)cc3)n2)cc1. The van der Waals surface area contributed by atoms with Crippen LogP contribution in [0.25, 0.3) is 22.8 Å². The van der Waals surface area contributed by atoms with Crippen LogP contribution in [0, 0.1) is 5.82 Å². The molecule has 4 nitrogen and oxygen atoms in total. The first-order chi connectivity index (χ1) is 9.76. The second-order valence-corrected chi connectivity index (χ2v) is 4.16. The van der Waals surface area contributed by atoms with Crippen LogP contribution in [0.15, 0.2) is 53.1 Å². The van der Waals surface area contributed by atoms with Gasteiger partial charge in [-0.2, -0.15) is 4.98 Å². The molecular formula is C15H11FN2O2. The average Bonchev–Trinajstić information content (AvgIpc) is 2.98. The highest BCUT2D eigenvalue weighted by Crippen LogP contribution is 2.23. The van der Waals surface area contributed by atoms with E-state index in [1.165, 1.54) is 12.1 Å². The predicted molar refractivity (Wildman–Crippen MR) is 71.7 cm³/mol. The van der Waals surface area contributed by atoms with Crippen LogP contribution in [0.2, 0.25) is 0 Å². The predicted octanol–water partition coefficient (Wildman–Crippen LogP) is 3.55. The Morgan fingerprint density at radius 2 is 1.60 bits per heavy atom. The Balaban J connectivity index is 1.91. The van der Waals surface area contributed by atoms with Crippen molar-refractivity contribution in [3.63, 3.8) is 0 Å². The molecule has 0 saturated heterocycles. The molecule has 2 aromatic carbocycles. The molecular weight excluding hydrogens is 259 g/mol.